The lowest BCUT2D eigenvalue weighted by molar-refractivity contribution is -0.193. The number of anilines is 1. The average Bonchev–Trinajstić information content (AvgIpc) is 3.50. The minimum atomic E-state index is -5.08. The van der Waals surface area contributed by atoms with Crippen LogP contribution in [-0.4, -0.2) is 74.8 Å². The summed E-state index contributed by atoms with van der Waals surface area (Å²) in [6, 6.07) is 9.03. The first-order valence-corrected chi connectivity index (χ1v) is 10.4. The second-order valence-corrected chi connectivity index (χ2v) is 7.32. The number of rotatable bonds is 4. The summed E-state index contributed by atoms with van der Waals surface area (Å²) in [4.78, 5) is 34.6. The number of carbonyl (C=O) groups excluding carboxylic acids is 1. The average molecular weight is 551 g/mol. The molecule has 1 aliphatic heterocycles. The first kappa shape index (κ1) is 29.8. The van der Waals surface area contributed by atoms with Crippen LogP contribution < -0.4 is 15.4 Å². The summed E-state index contributed by atoms with van der Waals surface area (Å²) in [6.45, 7) is 1.69. The first-order valence-electron chi connectivity index (χ1n) is 10.4. The number of aromatic amines is 1. The van der Waals surface area contributed by atoms with Crippen molar-refractivity contribution in [3.63, 3.8) is 0 Å². The highest BCUT2D eigenvalue weighted by Gasteiger charge is 2.38. The number of amides is 1. The molecule has 5 N–H and O–H groups in total. The second kappa shape index (κ2) is 12.7. The molecule has 0 unspecified atom stereocenters. The molecule has 3 aromatic rings. The van der Waals surface area contributed by atoms with Crippen molar-refractivity contribution in [2.24, 2.45) is 0 Å². The van der Waals surface area contributed by atoms with Gasteiger partial charge in [-0.05, 0) is 43.3 Å². The lowest BCUT2D eigenvalue weighted by Crippen LogP contribution is -2.22. The van der Waals surface area contributed by atoms with E-state index in [1.807, 2.05) is 18.2 Å². The van der Waals surface area contributed by atoms with Crippen molar-refractivity contribution in [2.45, 2.75) is 24.9 Å². The standard InChI is InChI=1S/C17H17N5O2.2C2HF3O2/c23-16(21-12-3-4-15-11(8-12)9-20-22-15)14-2-1-6-19-17(14)24-13-5-7-18-10-13;2*3-2(4,5)1(6)7/h1-4,6,8-9,13,18H,5,7,10H2,(H,20,22)(H,21,23);2*(H,6,7)/t13-;;/m0../s1. The summed E-state index contributed by atoms with van der Waals surface area (Å²) < 4.78 is 69.3. The maximum atomic E-state index is 12.6. The van der Waals surface area contributed by atoms with Gasteiger partial charge < -0.3 is 25.6 Å². The van der Waals surface area contributed by atoms with Crippen LogP contribution in [0.5, 0.6) is 5.88 Å². The molecule has 0 bridgehead atoms. The van der Waals surface area contributed by atoms with Gasteiger partial charge in [0.25, 0.3) is 5.91 Å². The summed E-state index contributed by atoms with van der Waals surface area (Å²) >= 11 is 0. The van der Waals surface area contributed by atoms with Crippen molar-refractivity contribution in [1.82, 2.24) is 20.5 Å². The number of fused-ring (bicyclic) bond motifs is 1. The van der Waals surface area contributed by atoms with E-state index in [9.17, 15) is 31.1 Å². The van der Waals surface area contributed by atoms with Crippen LogP contribution in [0.2, 0.25) is 0 Å². The van der Waals surface area contributed by atoms with Crippen molar-refractivity contribution >= 4 is 34.4 Å². The van der Waals surface area contributed by atoms with E-state index in [0.717, 1.165) is 30.4 Å². The van der Waals surface area contributed by atoms with Crippen molar-refractivity contribution in [2.75, 3.05) is 18.4 Å². The SMILES string of the molecule is O=C(Nc1ccc2[nH]ncc2c1)c1cccnc1O[C@H]1CCNC1.O=C(O)C(F)(F)F.O=C(O)C(F)(F)F. The van der Waals surface area contributed by atoms with Crippen LogP contribution in [0.15, 0.2) is 42.7 Å². The predicted molar refractivity (Wildman–Crippen MR) is 118 cm³/mol. The molecule has 2 aromatic heterocycles. The monoisotopic (exact) mass is 551 g/mol. The topological polar surface area (TPSA) is 167 Å². The molecule has 0 spiro atoms. The maximum Gasteiger partial charge on any atom is 0.490 e. The third-order valence-corrected chi connectivity index (χ3v) is 4.49. The summed E-state index contributed by atoms with van der Waals surface area (Å²) in [5.74, 6) is -5.39. The second-order valence-electron chi connectivity index (χ2n) is 7.32. The van der Waals surface area contributed by atoms with E-state index in [-0.39, 0.29) is 12.0 Å². The van der Waals surface area contributed by atoms with Gasteiger partial charge in [0, 0.05) is 23.8 Å². The van der Waals surface area contributed by atoms with Gasteiger partial charge in [0.1, 0.15) is 11.7 Å². The van der Waals surface area contributed by atoms with Crippen molar-refractivity contribution in [3.05, 3.63) is 48.3 Å². The number of aromatic nitrogens is 3. The molecule has 1 amide bonds. The van der Waals surface area contributed by atoms with Crippen LogP contribution in [0.25, 0.3) is 10.9 Å². The molecule has 0 aliphatic carbocycles. The Bertz CT molecular complexity index is 1230. The molecule has 1 saturated heterocycles. The zero-order valence-electron chi connectivity index (χ0n) is 18.9. The van der Waals surface area contributed by atoms with E-state index in [4.69, 9.17) is 24.5 Å². The molecule has 0 radical (unpaired) electrons. The van der Waals surface area contributed by atoms with Crippen LogP contribution >= 0.6 is 0 Å². The number of alkyl halides is 6. The Hall–Kier alpha value is -4.41. The molecule has 1 fully saturated rings. The van der Waals surface area contributed by atoms with E-state index < -0.39 is 24.3 Å². The number of nitrogens with zero attached hydrogens (tertiary/aromatic N) is 2. The minimum Gasteiger partial charge on any atom is -0.475 e. The van der Waals surface area contributed by atoms with E-state index >= 15 is 0 Å². The number of halogens is 6. The molecule has 17 heteroatoms. The number of carboxylic acids is 2. The molecular weight excluding hydrogens is 532 g/mol. The summed E-state index contributed by atoms with van der Waals surface area (Å²) in [6.07, 6.45) is -5.86. The van der Waals surface area contributed by atoms with Gasteiger partial charge >= 0.3 is 24.3 Å². The van der Waals surface area contributed by atoms with Gasteiger partial charge in [-0.15, -0.1) is 0 Å². The molecule has 3 heterocycles. The summed E-state index contributed by atoms with van der Waals surface area (Å²) in [5.41, 5.74) is 2.05. The molecule has 11 nitrogen and oxygen atoms in total. The molecular formula is C21H19F6N5O6. The van der Waals surface area contributed by atoms with Crippen LogP contribution in [0, 0.1) is 0 Å². The number of H-pyrrole nitrogens is 1. The number of aliphatic carboxylic acids is 2. The smallest absolute Gasteiger partial charge is 0.475 e. The van der Waals surface area contributed by atoms with Gasteiger partial charge in [0.05, 0.1) is 11.7 Å². The van der Waals surface area contributed by atoms with Crippen molar-refractivity contribution in [1.29, 1.82) is 0 Å². The van der Waals surface area contributed by atoms with E-state index in [1.54, 1.807) is 24.5 Å². The molecule has 1 aromatic carbocycles. The Morgan fingerprint density at radius 3 is 2.21 bits per heavy atom. The fourth-order valence-corrected chi connectivity index (χ4v) is 2.76. The van der Waals surface area contributed by atoms with Gasteiger partial charge in [-0.25, -0.2) is 14.6 Å². The third kappa shape index (κ3) is 9.23. The fraction of sp³-hybridized carbons (Fsp3) is 0.286. The highest BCUT2D eigenvalue weighted by molar-refractivity contribution is 6.06. The van der Waals surface area contributed by atoms with E-state index in [0.29, 0.717) is 17.1 Å². The third-order valence-electron chi connectivity index (χ3n) is 4.49. The number of carboxylic acid groups (broad SMARTS) is 2. The number of ether oxygens (including phenoxy) is 1. The number of benzene rings is 1. The summed E-state index contributed by atoms with van der Waals surface area (Å²) in [7, 11) is 0. The van der Waals surface area contributed by atoms with Crippen LogP contribution in [0.3, 0.4) is 0 Å². The van der Waals surface area contributed by atoms with E-state index in [2.05, 4.69) is 25.8 Å². The van der Waals surface area contributed by atoms with Crippen LogP contribution in [-0.2, 0) is 9.59 Å². The normalized spacial score (nSPS) is 14.9. The maximum absolute atomic E-state index is 12.6. The Balaban J connectivity index is 0.000000301. The Labute approximate surface area is 208 Å². The van der Waals surface area contributed by atoms with Gasteiger partial charge in [-0.3, -0.25) is 9.89 Å². The molecule has 0 saturated carbocycles. The number of hydrogen-bond donors (Lipinski definition) is 5. The highest BCUT2D eigenvalue weighted by Crippen LogP contribution is 2.21. The molecule has 1 atom stereocenters. The van der Waals surface area contributed by atoms with Crippen LogP contribution in [0.4, 0.5) is 32.0 Å². The van der Waals surface area contributed by atoms with Gasteiger partial charge in [-0.2, -0.15) is 31.4 Å². The zero-order valence-corrected chi connectivity index (χ0v) is 18.9. The van der Waals surface area contributed by atoms with Crippen molar-refractivity contribution < 1.29 is 55.7 Å². The highest BCUT2D eigenvalue weighted by atomic mass is 19.4. The first-order chi connectivity index (χ1) is 17.7. The molecule has 206 valence electrons. The molecule has 38 heavy (non-hydrogen) atoms. The van der Waals surface area contributed by atoms with Gasteiger partial charge in [0.2, 0.25) is 5.88 Å². The predicted octanol–water partition coefficient (Wildman–Crippen LogP) is 3.22. The number of nitrogens with one attached hydrogen (secondary N) is 3. The Morgan fingerprint density at radius 2 is 1.66 bits per heavy atom. The number of pyridine rings is 1. The molecule has 4 rings (SSSR count). The number of carbonyl (C=O) groups is 3. The zero-order chi connectivity index (χ0) is 28.5. The van der Waals surface area contributed by atoms with Gasteiger partial charge in [-0.1, -0.05) is 0 Å². The largest absolute Gasteiger partial charge is 0.490 e. The van der Waals surface area contributed by atoms with Crippen LogP contribution in [0.1, 0.15) is 16.8 Å². The minimum absolute atomic E-state index is 0.0498. The van der Waals surface area contributed by atoms with Gasteiger partial charge in [0.15, 0.2) is 0 Å². The Morgan fingerprint density at radius 1 is 1.03 bits per heavy atom. The summed E-state index contributed by atoms with van der Waals surface area (Å²) in [5, 5.41) is 28.2. The van der Waals surface area contributed by atoms with Crippen molar-refractivity contribution in [3.8, 4) is 5.88 Å². The lowest BCUT2D eigenvalue weighted by atomic mass is 10.2. The fourth-order valence-electron chi connectivity index (χ4n) is 2.76. The quantitative estimate of drug-likeness (QED) is 0.306. The molecule has 1 aliphatic rings. The number of hydrogen-bond acceptors (Lipinski definition) is 7. The lowest BCUT2D eigenvalue weighted by Gasteiger charge is -2.14. The Kier molecular flexibility index (Phi) is 9.97. The van der Waals surface area contributed by atoms with E-state index in [1.165, 1.54) is 0 Å².